The summed E-state index contributed by atoms with van der Waals surface area (Å²) < 4.78 is 36.4. The molecule has 0 saturated carbocycles. The Balaban J connectivity index is 1.73. The van der Waals surface area contributed by atoms with E-state index in [1.807, 2.05) is 30.3 Å². The highest BCUT2D eigenvalue weighted by Crippen LogP contribution is 2.40. The van der Waals surface area contributed by atoms with Crippen LogP contribution in [0.15, 0.2) is 54.6 Å². The molecule has 1 heterocycles. The maximum Gasteiger partial charge on any atom is 0.174 e. The van der Waals surface area contributed by atoms with E-state index in [2.05, 4.69) is 10.2 Å². The van der Waals surface area contributed by atoms with Crippen molar-refractivity contribution in [1.29, 1.82) is 0 Å². The van der Waals surface area contributed by atoms with Crippen molar-refractivity contribution in [3.63, 3.8) is 0 Å². The summed E-state index contributed by atoms with van der Waals surface area (Å²) in [4.78, 5) is 2.10. The van der Waals surface area contributed by atoms with E-state index in [4.69, 9.17) is 31.2 Å². The van der Waals surface area contributed by atoms with Crippen LogP contribution in [0.25, 0.3) is 0 Å². The molecule has 0 radical (unpaired) electrons. The Morgan fingerprint density at radius 3 is 2.26 bits per heavy atom. The molecule has 8 heteroatoms. The normalized spacial score (nSPS) is 14.7. The zero-order valence-electron chi connectivity index (χ0n) is 20.3. The minimum Gasteiger partial charge on any atom is -0.493 e. The summed E-state index contributed by atoms with van der Waals surface area (Å²) >= 11 is 5.78. The highest BCUT2D eigenvalue weighted by atomic mass is 32.1. The molecule has 1 aliphatic rings. The van der Waals surface area contributed by atoms with E-state index in [-0.39, 0.29) is 11.9 Å². The molecule has 0 spiro atoms. The predicted octanol–water partition coefficient (Wildman–Crippen LogP) is 5.40. The molecule has 0 aromatic heterocycles. The first kappa shape index (κ1) is 24.6. The van der Waals surface area contributed by atoms with E-state index in [9.17, 15) is 4.39 Å². The first-order valence-electron chi connectivity index (χ1n) is 11.3. The van der Waals surface area contributed by atoms with Gasteiger partial charge in [-0.05, 0) is 78.1 Å². The van der Waals surface area contributed by atoms with Crippen molar-refractivity contribution in [3.8, 4) is 23.0 Å². The molecule has 0 bridgehead atoms. The van der Waals surface area contributed by atoms with Gasteiger partial charge in [-0.2, -0.15) is 0 Å². The summed E-state index contributed by atoms with van der Waals surface area (Å²) in [5.74, 6) is 2.32. The molecule has 1 N–H and O–H groups in total. The number of rotatable bonds is 7. The Bertz CT molecular complexity index is 1220. The van der Waals surface area contributed by atoms with Gasteiger partial charge in [0.15, 0.2) is 28.1 Å². The highest BCUT2D eigenvalue weighted by molar-refractivity contribution is 7.80. The minimum atomic E-state index is -0.352. The molecule has 0 saturated heterocycles. The van der Waals surface area contributed by atoms with Crippen LogP contribution in [0.3, 0.4) is 0 Å². The molecule has 3 aromatic rings. The van der Waals surface area contributed by atoms with Gasteiger partial charge in [-0.1, -0.05) is 18.2 Å². The molecule has 4 rings (SSSR count). The van der Waals surface area contributed by atoms with Crippen molar-refractivity contribution in [1.82, 2.24) is 4.90 Å². The first-order valence-corrected chi connectivity index (χ1v) is 11.7. The second kappa shape index (κ2) is 10.8. The SMILES string of the molecule is COc1ccc(CC2c3cc(OC)c(OC)cc3CCN2C(=S)Nc2ccccc2F)cc1OC. The quantitative estimate of drug-likeness (QED) is 0.440. The Hall–Kier alpha value is -3.52. The fraction of sp³-hybridized carbons (Fsp3) is 0.296. The predicted molar refractivity (Wildman–Crippen MR) is 139 cm³/mol. The zero-order chi connectivity index (χ0) is 24.9. The second-order valence-electron chi connectivity index (χ2n) is 8.17. The number of nitrogens with zero attached hydrogens (tertiary/aromatic N) is 1. The van der Waals surface area contributed by atoms with Crippen LogP contribution in [0.2, 0.25) is 0 Å². The summed E-state index contributed by atoms with van der Waals surface area (Å²) in [6, 6.07) is 16.3. The molecular weight excluding hydrogens is 467 g/mol. The van der Waals surface area contributed by atoms with Gasteiger partial charge in [0.05, 0.1) is 40.2 Å². The first-order chi connectivity index (χ1) is 17.0. The standard InChI is InChI=1S/C27H29FN2O4S/c1-31-23-10-9-17(14-24(23)32-2)13-22-19-16-26(34-4)25(33-3)15-18(19)11-12-30(22)27(35)29-21-8-6-5-7-20(21)28/h5-10,14-16,22H,11-13H2,1-4H3,(H,29,35). The number of ether oxygens (including phenoxy) is 4. The lowest BCUT2D eigenvalue weighted by Crippen LogP contribution is -2.43. The number of hydrogen-bond donors (Lipinski definition) is 1. The molecule has 1 aliphatic heterocycles. The van der Waals surface area contributed by atoms with Gasteiger partial charge in [0.25, 0.3) is 0 Å². The molecule has 0 fully saturated rings. The third-order valence-corrected chi connectivity index (χ3v) is 6.59. The number of thiocarbonyl (C=S) groups is 1. The van der Waals surface area contributed by atoms with E-state index in [0.29, 0.717) is 46.8 Å². The van der Waals surface area contributed by atoms with Crippen LogP contribution < -0.4 is 24.3 Å². The monoisotopic (exact) mass is 496 g/mol. The third kappa shape index (κ3) is 5.12. The number of para-hydroxylation sites is 1. The van der Waals surface area contributed by atoms with E-state index in [1.165, 1.54) is 6.07 Å². The zero-order valence-corrected chi connectivity index (χ0v) is 21.1. The lowest BCUT2D eigenvalue weighted by molar-refractivity contribution is 0.295. The fourth-order valence-electron chi connectivity index (χ4n) is 4.47. The van der Waals surface area contributed by atoms with Crippen LogP contribution in [0.5, 0.6) is 23.0 Å². The summed E-state index contributed by atoms with van der Waals surface area (Å²) in [5.41, 5.74) is 3.65. The van der Waals surface area contributed by atoms with Gasteiger partial charge in [-0.3, -0.25) is 0 Å². The summed E-state index contributed by atoms with van der Waals surface area (Å²) in [6.45, 7) is 0.667. The largest absolute Gasteiger partial charge is 0.493 e. The maximum absolute atomic E-state index is 14.3. The Labute approximate surface area is 210 Å². The Morgan fingerprint density at radius 2 is 1.57 bits per heavy atom. The van der Waals surface area contributed by atoms with Gasteiger partial charge in [0.1, 0.15) is 5.82 Å². The molecule has 1 atom stereocenters. The van der Waals surface area contributed by atoms with E-state index >= 15 is 0 Å². The smallest absolute Gasteiger partial charge is 0.174 e. The van der Waals surface area contributed by atoms with Crippen LogP contribution in [0.4, 0.5) is 10.1 Å². The summed E-state index contributed by atoms with van der Waals surface area (Å²) in [6.07, 6.45) is 1.40. The lowest BCUT2D eigenvalue weighted by Gasteiger charge is -2.39. The topological polar surface area (TPSA) is 52.2 Å². The van der Waals surface area contributed by atoms with E-state index in [0.717, 1.165) is 23.1 Å². The van der Waals surface area contributed by atoms with Gasteiger partial charge in [-0.25, -0.2) is 4.39 Å². The highest BCUT2D eigenvalue weighted by Gasteiger charge is 2.31. The van der Waals surface area contributed by atoms with E-state index in [1.54, 1.807) is 46.6 Å². The Kier molecular flexibility index (Phi) is 7.60. The van der Waals surface area contributed by atoms with Crippen LogP contribution in [-0.4, -0.2) is 45.0 Å². The lowest BCUT2D eigenvalue weighted by atomic mass is 9.88. The summed E-state index contributed by atoms with van der Waals surface area (Å²) in [7, 11) is 6.49. The fourth-order valence-corrected chi connectivity index (χ4v) is 4.80. The molecule has 35 heavy (non-hydrogen) atoms. The number of methoxy groups -OCH3 is 4. The number of nitrogens with one attached hydrogen (secondary N) is 1. The van der Waals surface area contributed by atoms with Crippen molar-refractivity contribution in [3.05, 3.63) is 77.1 Å². The minimum absolute atomic E-state index is 0.122. The van der Waals surface area contributed by atoms with Crippen LogP contribution in [0.1, 0.15) is 22.7 Å². The van der Waals surface area contributed by atoms with Crippen LogP contribution in [0, 0.1) is 5.82 Å². The van der Waals surface area contributed by atoms with Crippen molar-refractivity contribution in [2.75, 3.05) is 40.3 Å². The van der Waals surface area contributed by atoms with Crippen LogP contribution in [-0.2, 0) is 12.8 Å². The summed E-state index contributed by atoms with van der Waals surface area (Å²) in [5, 5.41) is 3.56. The van der Waals surface area contributed by atoms with Crippen molar-refractivity contribution >= 4 is 23.0 Å². The van der Waals surface area contributed by atoms with Gasteiger partial charge < -0.3 is 29.2 Å². The van der Waals surface area contributed by atoms with Gasteiger partial charge in [-0.15, -0.1) is 0 Å². The molecule has 1 unspecified atom stereocenters. The van der Waals surface area contributed by atoms with Gasteiger partial charge in [0.2, 0.25) is 0 Å². The average Bonchev–Trinajstić information content (AvgIpc) is 2.89. The van der Waals surface area contributed by atoms with Crippen molar-refractivity contribution in [2.45, 2.75) is 18.9 Å². The number of hydrogen-bond acceptors (Lipinski definition) is 5. The second-order valence-corrected chi connectivity index (χ2v) is 8.56. The Morgan fingerprint density at radius 1 is 0.914 bits per heavy atom. The van der Waals surface area contributed by atoms with Crippen molar-refractivity contribution in [2.24, 2.45) is 0 Å². The average molecular weight is 497 g/mol. The molecule has 184 valence electrons. The van der Waals surface area contributed by atoms with Gasteiger partial charge in [0, 0.05) is 6.54 Å². The molecule has 3 aromatic carbocycles. The third-order valence-electron chi connectivity index (χ3n) is 6.26. The molecule has 0 amide bonds. The molecule has 0 aliphatic carbocycles. The molecule has 6 nitrogen and oxygen atoms in total. The number of fused-ring (bicyclic) bond motifs is 1. The van der Waals surface area contributed by atoms with E-state index < -0.39 is 0 Å². The van der Waals surface area contributed by atoms with Crippen molar-refractivity contribution < 1.29 is 23.3 Å². The number of anilines is 1. The molecular formula is C27H29FN2O4S. The maximum atomic E-state index is 14.3. The van der Waals surface area contributed by atoms with Gasteiger partial charge >= 0.3 is 0 Å². The van der Waals surface area contributed by atoms with Crippen LogP contribution >= 0.6 is 12.2 Å². The number of halogens is 1. The number of benzene rings is 3.